The Morgan fingerprint density at radius 1 is 1.24 bits per heavy atom. The molecule has 2 heterocycles. The number of aromatic nitrogens is 2. The van der Waals surface area contributed by atoms with Crippen molar-refractivity contribution in [3.05, 3.63) is 67.6 Å². The first-order valence-electron chi connectivity index (χ1n) is 9.50. The third kappa shape index (κ3) is 3.57. The van der Waals surface area contributed by atoms with Gasteiger partial charge in [0, 0.05) is 35.9 Å². The van der Waals surface area contributed by atoms with Crippen LogP contribution in [0, 0.1) is 16.0 Å². The molecule has 1 aromatic carbocycles. The van der Waals surface area contributed by atoms with Crippen molar-refractivity contribution in [2.24, 2.45) is 5.92 Å². The Morgan fingerprint density at radius 3 is 2.69 bits per heavy atom. The number of Topliss-reactive ketones (excluding diaryl/α,β-unsaturated/α-hetero) is 1. The Morgan fingerprint density at radius 2 is 2.00 bits per heavy atom. The minimum atomic E-state index is -0.535. The van der Waals surface area contributed by atoms with E-state index in [1.54, 1.807) is 12.1 Å². The van der Waals surface area contributed by atoms with Gasteiger partial charge in [-0.2, -0.15) is 0 Å². The number of allylic oxidation sites excluding steroid dienone is 2. The molecule has 0 bridgehead atoms. The highest BCUT2D eigenvalue weighted by Crippen LogP contribution is 2.45. The Bertz CT molecular complexity index is 1060. The predicted octanol–water partition coefficient (Wildman–Crippen LogP) is 3.60. The SMILES string of the molecule is CCCSc1nc2c(c(=O)[nH]1)[C@H](c1ccc([N+](=O)[O-])cc1)[C@H]1C(=O)CCC=C1N2. The molecule has 2 atom stereocenters. The molecule has 1 aliphatic carbocycles. The zero-order valence-corrected chi connectivity index (χ0v) is 16.6. The van der Waals surface area contributed by atoms with E-state index in [0.29, 0.717) is 34.9 Å². The molecule has 8 nitrogen and oxygen atoms in total. The summed E-state index contributed by atoms with van der Waals surface area (Å²) in [6, 6.07) is 6.05. The van der Waals surface area contributed by atoms with Crippen LogP contribution in [0.3, 0.4) is 0 Å². The molecule has 150 valence electrons. The molecule has 0 amide bonds. The van der Waals surface area contributed by atoms with Crippen LogP contribution < -0.4 is 10.9 Å². The van der Waals surface area contributed by atoms with Crippen molar-refractivity contribution in [2.75, 3.05) is 11.1 Å². The van der Waals surface area contributed by atoms with Crippen molar-refractivity contribution in [3.8, 4) is 0 Å². The number of nitro benzene ring substituents is 1. The molecule has 2 aromatic rings. The van der Waals surface area contributed by atoms with Crippen molar-refractivity contribution in [3.63, 3.8) is 0 Å². The van der Waals surface area contributed by atoms with Crippen LogP contribution in [0.4, 0.5) is 11.5 Å². The number of thioether (sulfide) groups is 1. The second kappa shape index (κ2) is 7.82. The summed E-state index contributed by atoms with van der Waals surface area (Å²) >= 11 is 1.47. The van der Waals surface area contributed by atoms with Crippen LogP contribution in [0.25, 0.3) is 0 Å². The van der Waals surface area contributed by atoms with E-state index in [-0.39, 0.29) is 17.0 Å². The van der Waals surface area contributed by atoms with Gasteiger partial charge in [0.2, 0.25) is 0 Å². The number of aromatic amines is 1. The number of nitro groups is 1. The third-order valence-corrected chi connectivity index (χ3v) is 6.26. The number of hydrogen-bond acceptors (Lipinski definition) is 7. The topological polar surface area (TPSA) is 118 Å². The minimum absolute atomic E-state index is 0.0352. The third-order valence-electron chi connectivity index (χ3n) is 5.18. The number of hydrogen-bond donors (Lipinski definition) is 2. The second-order valence-electron chi connectivity index (χ2n) is 7.08. The number of non-ortho nitro benzene ring substituents is 1. The number of fused-ring (bicyclic) bond motifs is 2. The smallest absolute Gasteiger partial charge is 0.269 e. The lowest BCUT2D eigenvalue weighted by Crippen LogP contribution is -2.38. The molecule has 0 unspecified atom stereocenters. The number of nitrogens with zero attached hydrogens (tertiary/aromatic N) is 2. The van der Waals surface area contributed by atoms with Crippen molar-refractivity contribution in [1.29, 1.82) is 0 Å². The van der Waals surface area contributed by atoms with Gasteiger partial charge in [-0.05, 0) is 18.4 Å². The van der Waals surface area contributed by atoms with Crippen LogP contribution in [-0.4, -0.2) is 26.4 Å². The normalized spacial score (nSPS) is 20.3. The number of nitrogens with one attached hydrogen (secondary N) is 2. The van der Waals surface area contributed by atoms with Gasteiger partial charge in [0.1, 0.15) is 11.6 Å². The first kappa shape index (κ1) is 19.4. The molecule has 1 aromatic heterocycles. The summed E-state index contributed by atoms with van der Waals surface area (Å²) < 4.78 is 0. The molecule has 0 spiro atoms. The first-order valence-corrected chi connectivity index (χ1v) is 10.5. The summed E-state index contributed by atoms with van der Waals surface area (Å²) in [6.45, 7) is 2.05. The van der Waals surface area contributed by atoms with E-state index >= 15 is 0 Å². The standard InChI is InChI=1S/C20H20N4O4S/c1-2-10-29-20-22-18-17(19(26)23-20)15(11-6-8-12(9-7-11)24(27)28)16-13(21-18)4-3-5-14(16)25/h4,6-9,15-16H,2-3,5,10H2,1H3,(H2,21,22,23,26)/t15-,16-/m1/s1. The summed E-state index contributed by atoms with van der Waals surface area (Å²) in [6.07, 6.45) is 3.98. The summed E-state index contributed by atoms with van der Waals surface area (Å²) in [7, 11) is 0. The zero-order valence-electron chi connectivity index (χ0n) is 15.8. The number of carbonyl (C=O) groups is 1. The molecule has 4 rings (SSSR count). The van der Waals surface area contributed by atoms with Gasteiger partial charge in [0.25, 0.3) is 11.2 Å². The minimum Gasteiger partial charge on any atom is -0.343 e. The largest absolute Gasteiger partial charge is 0.343 e. The van der Waals surface area contributed by atoms with Crippen molar-refractivity contribution >= 4 is 29.1 Å². The highest BCUT2D eigenvalue weighted by molar-refractivity contribution is 7.99. The Labute approximate surface area is 171 Å². The van der Waals surface area contributed by atoms with Crippen LogP contribution in [-0.2, 0) is 4.79 Å². The van der Waals surface area contributed by atoms with Gasteiger partial charge in [-0.3, -0.25) is 19.7 Å². The van der Waals surface area contributed by atoms with Crippen LogP contribution in [0.1, 0.15) is 43.2 Å². The number of ketones is 1. The average molecular weight is 412 g/mol. The molecular weight excluding hydrogens is 392 g/mol. The summed E-state index contributed by atoms with van der Waals surface area (Å²) in [4.78, 5) is 43.7. The van der Waals surface area contributed by atoms with Crippen molar-refractivity contribution < 1.29 is 9.72 Å². The Hall–Kier alpha value is -2.94. The van der Waals surface area contributed by atoms with Crippen LogP contribution >= 0.6 is 11.8 Å². The molecule has 0 radical (unpaired) electrons. The van der Waals surface area contributed by atoms with Gasteiger partial charge in [0.05, 0.1) is 16.4 Å². The number of H-pyrrole nitrogens is 1. The monoisotopic (exact) mass is 412 g/mol. The maximum atomic E-state index is 13.0. The van der Waals surface area contributed by atoms with E-state index in [1.807, 2.05) is 6.08 Å². The first-order chi connectivity index (χ1) is 14.0. The fourth-order valence-electron chi connectivity index (χ4n) is 3.90. The van der Waals surface area contributed by atoms with E-state index in [4.69, 9.17) is 0 Å². The highest BCUT2D eigenvalue weighted by atomic mass is 32.2. The molecule has 0 fully saturated rings. The number of rotatable bonds is 5. The van der Waals surface area contributed by atoms with Crippen LogP contribution in [0.2, 0.25) is 0 Å². The maximum absolute atomic E-state index is 13.0. The van der Waals surface area contributed by atoms with E-state index in [2.05, 4.69) is 22.2 Å². The quantitative estimate of drug-likeness (QED) is 0.333. The average Bonchev–Trinajstić information content (AvgIpc) is 2.71. The predicted molar refractivity (Wildman–Crippen MR) is 110 cm³/mol. The molecule has 0 saturated carbocycles. The van der Waals surface area contributed by atoms with Crippen molar-refractivity contribution in [1.82, 2.24) is 9.97 Å². The molecule has 29 heavy (non-hydrogen) atoms. The Kier molecular flexibility index (Phi) is 5.23. The van der Waals surface area contributed by atoms with Gasteiger partial charge in [-0.1, -0.05) is 36.9 Å². The van der Waals surface area contributed by atoms with Gasteiger partial charge in [-0.15, -0.1) is 0 Å². The molecule has 0 saturated heterocycles. The fraction of sp³-hybridized carbons (Fsp3) is 0.350. The fourth-order valence-corrected chi connectivity index (χ4v) is 4.62. The molecule has 9 heteroatoms. The van der Waals surface area contributed by atoms with E-state index in [0.717, 1.165) is 17.9 Å². The number of benzene rings is 1. The zero-order chi connectivity index (χ0) is 20.5. The number of carbonyl (C=O) groups excluding carboxylic acids is 1. The maximum Gasteiger partial charge on any atom is 0.269 e. The summed E-state index contributed by atoms with van der Waals surface area (Å²) in [5.41, 5.74) is 1.51. The van der Waals surface area contributed by atoms with Crippen molar-refractivity contribution in [2.45, 2.75) is 37.3 Å². The Balaban J connectivity index is 1.86. The van der Waals surface area contributed by atoms with Gasteiger partial charge < -0.3 is 10.3 Å². The van der Waals surface area contributed by atoms with E-state index < -0.39 is 16.8 Å². The summed E-state index contributed by atoms with van der Waals surface area (Å²) in [5.74, 6) is 0.278. The molecule has 2 N–H and O–H groups in total. The lowest BCUT2D eigenvalue weighted by molar-refractivity contribution is -0.384. The molecule has 1 aliphatic heterocycles. The van der Waals surface area contributed by atoms with E-state index in [9.17, 15) is 19.7 Å². The van der Waals surface area contributed by atoms with Gasteiger partial charge in [-0.25, -0.2) is 4.98 Å². The lowest BCUT2D eigenvalue weighted by Gasteiger charge is -2.36. The molecule has 2 aliphatic rings. The van der Waals surface area contributed by atoms with Gasteiger partial charge in [0.15, 0.2) is 5.16 Å². The van der Waals surface area contributed by atoms with Crippen LogP contribution in [0.5, 0.6) is 0 Å². The highest BCUT2D eigenvalue weighted by Gasteiger charge is 2.42. The summed E-state index contributed by atoms with van der Waals surface area (Å²) in [5, 5.41) is 14.7. The number of anilines is 1. The lowest BCUT2D eigenvalue weighted by atomic mass is 9.72. The van der Waals surface area contributed by atoms with E-state index in [1.165, 1.54) is 23.9 Å². The van der Waals surface area contributed by atoms with Gasteiger partial charge >= 0.3 is 0 Å². The molecular formula is C20H20N4O4S. The second-order valence-corrected chi connectivity index (χ2v) is 8.16. The van der Waals surface area contributed by atoms with Crippen LogP contribution in [0.15, 0.2) is 46.0 Å².